The van der Waals surface area contributed by atoms with Gasteiger partial charge in [-0.15, -0.1) is 5.11 Å². The number of carbonyl (C=O) groups excluding carboxylic acids is 1. The molecule has 0 saturated heterocycles. The van der Waals surface area contributed by atoms with Crippen LogP contribution in [0.5, 0.6) is 0 Å². The number of azo groups is 1. The Labute approximate surface area is 118 Å². The van der Waals surface area contributed by atoms with Gasteiger partial charge >= 0.3 is 0 Å². The number of rotatable bonds is 5. The van der Waals surface area contributed by atoms with Crippen LogP contribution < -0.4 is 10.2 Å². The van der Waals surface area contributed by atoms with Gasteiger partial charge in [-0.25, -0.2) is 0 Å². The van der Waals surface area contributed by atoms with E-state index in [2.05, 4.69) is 15.5 Å². The van der Waals surface area contributed by atoms with Crippen LogP contribution in [0.2, 0.25) is 0 Å². The molecule has 0 saturated carbocycles. The number of amides is 1. The lowest BCUT2D eigenvalue weighted by molar-refractivity contribution is -0.105. The van der Waals surface area contributed by atoms with Crippen molar-refractivity contribution in [2.45, 2.75) is 0 Å². The Kier molecular flexibility index (Phi) is 4.44. The van der Waals surface area contributed by atoms with Gasteiger partial charge in [-0.05, 0) is 36.4 Å². The highest BCUT2D eigenvalue weighted by molar-refractivity contribution is 5.78. The number of para-hydroxylation sites is 1. The normalized spacial score (nSPS) is 10.5. The summed E-state index contributed by atoms with van der Waals surface area (Å²) in [5, 5.41) is 10.9. The number of nitrogens with one attached hydrogen (secondary N) is 1. The highest BCUT2D eigenvalue weighted by Gasteiger charge is 1.99. The number of carbonyl (C=O) groups is 1. The van der Waals surface area contributed by atoms with Crippen molar-refractivity contribution in [2.24, 2.45) is 10.2 Å². The van der Waals surface area contributed by atoms with E-state index in [1.807, 2.05) is 55.4 Å². The molecular formula is C15H16N4O. The molecule has 0 fully saturated rings. The zero-order valence-corrected chi connectivity index (χ0v) is 11.4. The van der Waals surface area contributed by atoms with E-state index in [0.717, 1.165) is 11.4 Å². The van der Waals surface area contributed by atoms with Crippen LogP contribution in [0.1, 0.15) is 0 Å². The lowest BCUT2D eigenvalue weighted by Gasteiger charge is -2.11. The smallest absolute Gasteiger partial charge is 0.211 e. The molecule has 2 rings (SSSR count). The second kappa shape index (κ2) is 6.47. The average Bonchev–Trinajstić information content (AvgIpc) is 2.47. The Bertz CT molecular complexity index is 606. The zero-order valence-electron chi connectivity index (χ0n) is 11.4. The van der Waals surface area contributed by atoms with Crippen LogP contribution in [0.15, 0.2) is 58.8 Å². The van der Waals surface area contributed by atoms with Crippen molar-refractivity contribution in [1.82, 2.24) is 0 Å². The van der Waals surface area contributed by atoms with Gasteiger partial charge in [0.1, 0.15) is 5.69 Å². The second-order valence-corrected chi connectivity index (χ2v) is 4.39. The number of hydrogen-bond acceptors (Lipinski definition) is 4. The molecule has 2 aromatic carbocycles. The summed E-state index contributed by atoms with van der Waals surface area (Å²) in [4.78, 5) is 12.5. The molecular weight excluding hydrogens is 252 g/mol. The number of benzene rings is 2. The molecule has 0 aliphatic heterocycles. The molecule has 5 nitrogen and oxygen atoms in total. The third-order valence-corrected chi connectivity index (χ3v) is 2.76. The fourth-order valence-electron chi connectivity index (χ4n) is 1.68. The molecule has 0 bridgehead atoms. The molecule has 1 amide bonds. The number of nitrogens with zero attached hydrogens (tertiary/aromatic N) is 3. The number of anilines is 2. The van der Waals surface area contributed by atoms with Crippen molar-refractivity contribution < 1.29 is 4.79 Å². The van der Waals surface area contributed by atoms with Crippen molar-refractivity contribution in [3.8, 4) is 0 Å². The predicted molar refractivity (Wildman–Crippen MR) is 81.1 cm³/mol. The Hall–Kier alpha value is -2.69. The highest BCUT2D eigenvalue weighted by atomic mass is 16.1. The van der Waals surface area contributed by atoms with E-state index in [4.69, 9.17) is 0 Å². The van der Waals surface area contributed by atoms with Crippen molar-refractivity contribution in [3.63, 3.8) is 0 Å². The van der Waals surface area contributed by atoms with Crippen LogP contribution >= 0.6 is 0 Å². The molecule has 1 N–H and O–H groups in total. The SMILES string of the molecule is CN(C)c1ccc(N=Nc2ccccc2NC=O)cc1. The third kappa shape index (κ3) is 3.41. The molecule has 5 heteroatoms. The summed E-state index contributed by atoms with van der Waals surface area (Å²) in [6, 6.07) is 15.0. The zero-order chi connectivity index (χ0) is 14.4. The minimum atomic E-state index is 0.622. The van der Waals surface area contributed by atoms with Crippen molar-refractivity contribution in [1.29, 1.82) is 0 Å². The first-order valence-corrected chi connectivity index (χ1v) is 6.19. The van der Waals surface area contributed by atoms with Gasteiger partial charge in [-0.1, -0.05) is 12.1 Å². The van der Waals surface area contributed by atoms with Gasteiger partial charge in [-0.2, -0.15) is 5.11 Å². The Morgan fingerprint density at radius 2 is 1.70 bits per heavy atom. The molecule has 20 heavy (non-hydrogen) atoms. The van der Waals surface area contributed by atoms with E-state index in [-0.39, 0.29) is 0 Å². The van der Waals surface area contributed by atoms with E-state index >= 15 is 0 Å². The first kappa shape index (κ1) is 13.7. The van der Waals surface area contributed by atoms with Crippen LogP contribution in [0.4, 0.5) is 22.7 Å². The molecule has 102 valence electrons. The molecule has 0 atom stereocenters. The summed E-state index contributed by atoms with van der Waals surface area (Å²) in [5.74, 6) is 0. The van der Waals surface area contributed by atoms with Crippen LogP contribution in [0, 0.1) is 0 Å². The highest BCUT2D eigenvalue weighted by Crippen LogP contribution is 2.26. The molecule has 0 unspecified atom stereocenters. The van der Waals surface area contributed by atoms with Gasteiger partial charge in [0, 0.05) is 19.8 Å². The van der Waals surface area contributed by atoms with Crippen molar-refractivity contribution in [2.75, 3.05) is 24.3 Å². The topological polar surface area (TPSA) is 57.1 Å². The molecule has 0 heterocycles. The third-order valence-electron chi connectivity index (χ3n) is 2.76. The molecule has 0 spiro atoms. The maximum atomic E-state index is 10.5. The summed E-state index contributed by atoms with van der Waals surface area (Å²) in [6.45, 7) is 0. The second-order valence-electron chi connectivity index (χ2n) is 4.39. The van der Waals surface area contributed by atoms with Crippen LogP contribution in [0.25, 0.3) is 0 Å². The van der Waals surface area contributed by atoms with Crippen LogP contribution in [-0.2, 0) is 4.79 Å². The fourth-order valence-corrected chi connectivity index (χ4v) is 1.68. The quantitative estimate of drug-likeness (QED) is 0.663. The van der Waals surface area contributed by atoms with Crippen molar-refractivity contribution in [3.05, 3.63) is 48.5 Å². The summed E-state index contributed by atoms with van der Waals surface area (Å²) in [5.41, 5.74) is 3.12. The molecule has 2 aromatic rings. The average molecular weight is 268 g/mol. The Morgan fingerprint density at radius 1 is 1.00 bits per heavy atom. The lowest BCUT2D eigenvalue weighted by Crippen LogP contribution is -2.07. The van der Waals surface area contributed by atoms with E-state index in [1.165, 1.54) is 0 Å². The van der Waals surface area contributed by atoms with Gasteiger partial charge in [0.05, 0.1) is 11.4 Å². The van der Waals surface area contributed by atoms with E-state index in [9.17, 15) is 4.79 Å². The maximum absolute atomic E-state index is 10.5. The van der Waals surface area contributed by atoms with E-state index in [1.54, 1.807) is 12.1 Å². The minimum Gasteiger partial charge on any atom is -0.378 e. The summed E-state index contributed by atoms with van der Waals surface area (Å²) < 4.78 is 0. The van der Waals surface area contributed by atoms with E-state index in [0.29, 0.717) is 17.8 Å². The van der Waals surface area contributed by atoms with Gasteiger partial charge in [0.15, 0.2) is 0 Å². The van der Waals surface area contributed by atoms with Gasteiger partial charge in [0.2, 0.25) is 6.41 Å². The van der Waals surface area contributed by atoms with Crippen LogP contribution in [0.3, 0.4) is 0 Å². The fraction of sp³-hybridized carbons (Fsp3) is 0.133. The molecule has 0 aliphatic rings. The van der Waals surface area contributed by atoms with Gasteiger partial charge in [0.25, 0.3) is 0 Å². The maximum Gasteiger partial charge on any atom is 0.211 e. The Balaban J connectivity index is 2.18. The van der Waals surface area contributed by atoms with Gasteiger partial charge < -0.3 is 10.2 Å². The monoisotopic (exact) mass is 268 g/mol. The number of hydrogen-bond donors (Lipinski definition) is 1. The molecule has 0 aromatic heterocycles. The standard InChI is InChI=1S/C15H16N4O/c1-19(2)13-9-7-12(8-10-13)17-18-15-6-4-3-5-14(15)16-11-20/h3-11H,1-2H3,(H,16,20). The summed E-state index contributed by atoms with van der Waals surface area (Å²) in [7, 11) is 3.97. The Morgan fingerprint density at radius 3 is 2.35 bits per heavy atom. The minimum absolute atomic E-state index is 0.622. The van der Waals surface area contributed by atoms with Crippen molar-refractivity contribution >= 4 is 29.2 Å². The largest absolute Gasteiger partial charge is 0.378 e. The lowest BCUT2D eigenvalue weighted by atomic mass is 10.2. The molecule has 0 aliphatic carbocycles. The van der Waals surface area contributed by atoms with E-state index < -0.39 is 0 Å². The van der Waals surface area contributed by atoms with Crippen LogP contribution in [-0.4, -0.2) is 20.5 Å². The predicted octanol–water partition coefficient (Wildman–Crippen LogP) is 3.74. The first-order valence-electron chi connectivity index (χ1n) is 6.19. The summed E-state index contributed by atoms with van der Waals surface area (Å²) in [6.07, 6.45) is 0.625. The first-order chi connectivity index (χ1) is 9.70. The molecule has 0 radical (unpaired) electrons. The summed E-state index contributed by atoms with van der Waals surface area (Å²) >= 11 is 0. The van der Waals surface area contributed by atoms with Gasteiger partial charge in [-0.3, -0.25) is 4.79 Å².